The van der Waals surface area contributed by atoms with Gasteiger partial charge in [-0.25, -0.2) is 4.98 Å². The van der Waals surface area contributed by atoms with Crippen LogP contribution < -0.4 is 5.32 Å². The number of hydrogen-bond acceptors (Lipinski definition) is 3. The van der Waals surface area contributed by atoms with Gasteiger partial charge in [0.2, 0.25) is 0 Å². The zero-order chi connectivity index (χ0) is 11.7. The van der Waals surface area contributed by atoms with Gasteiger partial charge in [-0.2, -0.15) is 0 Å². The highest BCUT2D eigenvalue weighted by Crippen LogP contribution is 2.14. The third-order valence-electron chi connectivity index (χ3n) is 3.25. The van der Waals surface area contributed by atoms with Crippen molar-refractivity contribution in [1.29, 1.82) is 0 Å². The first-order valence-corrected chi connectivity index (χ1v) is 6.07. The Kier molecular flexibility index (Phi) is 2.82. The summed E-state index contributed by atoms with van der Waals surface area (Å²) in [5.74, 6) is 1.08. The van der Waals surface area contributed by atoms with Gasteiger partial charge in [-0.1, -0.05) is 12.1 Å². The van der Waals surface area contributed by atoms with Gasteiger partial charge in [0.15, 0.2) is 0 Å². The van der Waals surface area contributed by atoms with Crippen molar-refractivity contribution in [3.05, 3.63) is 30.1 Å². The Bertz CT molecular complexity index is 516. The van der Waals surface area contributed by atoms with E-state index in [9.17, 15) is 0 Å². The molecule has 4 nitrogen and oxygen atoms in total. The minimum absolute atomic E-state index is 0.546. The molecule has 0 saturated carbocycles. The van der Waals surface area contributed by atoms with Gasteiger partial charge in [-0.3, -0.25) is 0 Å². The molecule has 0 radical (unpaired) electrons. The zero-order valence-corrected chi connectivity index (χ0v) is 10.0. The molecule has 0 atom stereocenters. The van der Waals surface area contributed by atoms with E-state index < -0.39 is 0 Å². The second-order valence-corrected chi connectivity index (χ2v) is 4.49. The smallest absolute Gasteiger partial charge is 0.106 e. The number of rotatable bonds is 4. The molecule has 1 fully saturated rings. The number of nitrogens with zero attached hydrogens (tertiary/aromatic N) is 2. The molecule has 0 aliphatic carbocycles. The Morgan fingerprint density at radius 2 is 2.24 bits per heavy atom. The van der Waals surface area contributed by atoms with Crippen LogP contribution in [0.25, 0.3) is 11.0 Å². The Morgan fingerprint density at radius 1 is 1.41 bits per heavy atom. The second-order valence-electron chi connectivity index (χ2n) is 4.49. The standard InChI is InChI=1S/C13H17N3O/c1-10-15-12-4-2-3-5-13(12)16(10)7-6-14-11-8-17-9-11/h2-5,11,14H,6-9H2,1H3. The van der Waals surface area contributed by atoms with E-state index in [1.54, 1.807) is 0 Å². The van der Waals surface area contributed by atoms with Crippen LogP contribution >= 0.6 is 0 Å². The predicted octanol–water partition coefficient (Wildman–Crippen LogP) is 1.33. The fourth-order valence-corrected chi connectivity index (χ4v) is 2.21. The first-order chi connectivity index (χ1) is 8.34. The van der Waals surface area contributed by atoms with Gasteiger partial charge >= 0.3 is 0 Å². The topological polar surface area (TPSA) is 39.1 Å². The third kappa shape index (κ3) is 2.06. The minimum Gasteiger partial charge on any atom is -0.378 e. The van der Waals surface area contributed by atoms with Crippen molar-refractivity contribution in [2.45, 2.75) is 19.5 Å². The van der Waals surface area contributed by atoms with Gasteiger partial charge in [-0.15, -0.1) is 0 Å². The normalized spacial score (nSPS) is 16.3. The van der Waals surface area contributed by atoms with Crippen molar-refractivity contribution in [1.82, 2.24) is 14.9 Å². The molecule has 1 aliphatic rings. The fourth-order valence-electron chi connectivity index (χ4n) is 2.21. The molecule has 0 spiro atoms. The molecule has 0 unspecified atom stereocenters. The molecule has 0 amide bonds. The monoisotopic (exact) mass is 231 g/mol. The number of hydrogen-bond donors (Lipinski definition) is 1. The lowest BCUT2D eigenvalue weighted by atomic mass is 10.2. The summed E-state index contributed by atoms with van der Waals surface area (Å²) in [5, 5.41) is 3.48. The van der Waals surface area contributed by atoms with Crippen molar-refractivity contribution >= 4 is 11.0 Å². The van der Waals surface area contributed by atoms with Crippen LogP contribution in [0.4, 0.5) is 0 Å². The molecule has 3 rings (SSSR count). The van der Waals surface area contributed by atoms with Gasteiger partial charge < -0.3 is 14.6 Å². The predicted molar refractivity (Wildman–Crippen MR) is 67.1 cm³/mol. The van der Waals surface area contributed by atoms with E-state index in [-0.39, 0.29) is 0 Å². The molecule has 1 aromatic carbocycles. The van der Waals surface area contributed by atoms with Gasteiger partial charge in [0.25, 0.3) is 0 Å². The summed E-state index contributed by atoms with van der Waals surface area (Å²) in [6.07, 6.45) is 0. The molecular formula is C13H17N3O. The Morgan fingerprint density at radius 3 is 3.00 bits per heavy atom. The van der Waals surface area contributed by atoms with Crippen LogP contribution in [0.2, 0.25) is 0 Å². The lowest BCUT2D eigenvalue weighted by Gasteiger charge is -2.27. The van der Waals surface area contributed by atoms with Crippen molar-refractivity contribution < 1.29 is 4.74 Å². The number of aryl methyl sites for hydroxylation is 1. The first-order valence-electron chi connectivity index (χ1n) is 6.07. The lowest BCUT2D eigenvalue weighted by Crippen LogP contribution is -2.46. The number of nitrogens with one attached hydrogen (secondary N) is 1. The molecular weight excluding hydrogens is 214 g/mol. The highest BCUT2D eigenvalue weighted by molar-refractivity contribution is 5.75. The van der Waals surface area contributed by atoms with Gasteiger partial charge in [0, 0.05) is 13.1 Å². The molecule has 1 aliphatic heterocycles. The average Bonchev–Trinajstić information content (AvgIpc) is 2.58. The van der Waals surface area contributed by atoms with E-state index in [1.165, 1.54) is 5.52 Å². The summed E-state index contributed by atoms with van der Waals surface area (Å²) < 4.78 is 7.40. The minimum atomic E-state index is 0.546. The van der Waals surface area contributed by atoms with Crippen LogP contribution in [-0.4, -0.2) is 35.4 Å². The fraction of sp³-hybridized carbons (Fsp3) is 0.462. The summed E-state index contributed by atoms with van der Waals surface area (Å²) in [7, 11) is 0. The molecule has 2 aromatic rings. The quantitative estimate of drug-likeness (QED) is 0.863. The number of aromatic nitrogens is 2. The van der Waals surface area contributed by atoms with Crippen LogP contribution in [-0.2, 0) is 11.3 Å². The summed E-state index contributed by atoms with van der Waals surface area (Å²) in [4.78, 5) is 4.56. The molecule has 1 saturated heterocycles. The molecule has 1 N–H and O–H groups in total. The van der Waals surface area contributed by atoms with E-state index in [0.29, 0.717) is 6.04 Å². The highest BCUT2D eigenvalue weighted by atomic mass is 16.5. The number of fused-ring (bicyclic) bond motifs is 1. The van der Waals surface area contributed by atoms with Crippen molar-refractivity contribution in [2.24, 2.45) is 0 Å². The van der Waals surface area contributed by atoms with Crippen molar-refractivity contribution in [2.75, 3.05) is 19.8 Å². The number of ether oxygens (including phenoxy) is 1. The number of para-hydroxylation sites is 2. The Hall–Kier alpha value is -1.39. The number of imidazole rings is 1. The van der Waals surface area contributed by atoms with Crippen molar-refractivity contribution in [3.8, 4) is 0 Å². The maximum atomic E-state index is 5.13. The SMILES string of the molecule is Cc1nc2ccccc2n1CCNC1COC1. The summed E-state index contributed by atoms with van der Waals surface area (Å²) >= 11 is 0. The summed E-state index contributed by atoms with van der Waals surface area (Å²) in [5.41, 5.74) is 2.30. The molecule has 17 heavy (non-hydrogen) atoms. The van der Waals surface area contributed by atoms with E-state index in [0.717, 1.165) is 37.6 Å². The molecule has 2 heterocycles. The van der Waals surface area contributed by atoms with E-state index >= 15 is 0 Å². The summed E-state index contributed by atoms with van der Waals surface area (Å²) in [6.45, 7) is 5.69. The average molecular weight is 231 g/mol. The zero-order valence-electron chi connectivity index (χ0n) is 10.0. The van der Waals surface area contributed by atoms with E-state index in [4.69, 9.17) is 4.74 Å². The Labute approximate surface area is 101 Å². The van der Waals surface area contributed by atoms with Crippen LogP contribution in [0.3, 0.4) is 0 Å². The van der Waals surface area contributed by atoms with Gasteiger partial charge in [0.1, 0.15) is 5.82 Å². The van der Waals surface area contributed by atoms with Crippen molar-refractivity contribution in [3.63, 3.8) is 0 Å². The number of benzene rings is 1. The van der Waals surface area contributed by atoms with Crippen LogP contribution in [0.15, 0.2) is 24.3 Å². The highest BCUT2D eigenvalue weighted by Gasteiger charge is 2.17. The van der Waals surface area contributed by atoms with E-state index in [2.05, 4.69) is 40.0 Å². The second kappa shape index (κ2) is 4.47. The van der Waals surface area contributed by atoms with Gasteiger partial charge in [0.05, 0.1) is 30.3 Å². The summed E-state index contributed by atoms with van der Waals surface area (Å²) in [6, 6.07) is 8.83. The largest absolute Gasteiger partial charge is 0.378 e. The molecule has 0 bridgehead atoms. The molecule has 4 heteroatoms. The lowest BCUT2D eigenvalue weighted by molar-refractivity contribution is -0.00512. The maximum absolute atomic E-state index is 5.13. The molecule has 90 valence electrons. The maximum Gasteiger partial charge on any atom is 0.106 e. The van der Waals surface area contributed by atoms with Crippen LogP contribution in [0.5, 0.6) is 0 Å². The Balaban J connectivity index is 1.72. The van der Waals surface area contributed by atoms with Gasteiger partial charge in [-0.05, 0) is 19.1 Å². The third-order valence-corrected chi connectivity index (χ3v) is 3.25. The molecule has 1 aromatic heterocycles. The van der Waals surface area contributed by atoms with Crippen LogP contribution in [0, 0.1) is 6.92 Å². The first kappa shape index (κ1) is 10.7. The van der Waals surface area contributed by atoms with Crippen LogP contribution in [0.1, 0.15) is 5.82 Å². The van der Waals surface area contributed by atoms with E-state index in [1.807, 2.05) is 6.07 Å².